The maximum atomic E-state index is 15.5. The van der Waals surface area contributed by atoms with E-state index in [4.69, 9.17) is 16.3 Å². The molecule has 0 radical (unpaired) electrons. The molecule has 9 atom stereocenters. The van der Waals surface area contributed by atoms with Gasteiger partial charge in [0.1, 0.15) is 6.17 Å². The van der Waals surface area contributed by atoms with Crippen LogP contribution >= 0.6 is 11.6 Å². The molecule has 0 heterocycles. The van der Waals surface area contributed by atoms with Crippen molar-refractivity contribution >= 4 is 29.3 Å². The van der Waals surface area contributed by atoms with Crippen LogP contribution in [0.5, 0.6) is 0 Å². The number of carbonyl (C=O) groups excluding carboxylic acids is 2. The van der Waals surface area contributed by atoms with E-state index in [9.17, 15) is 24.6 Å². The molecule has 3 fully saturated rings. The van der Waals surface area contributed by atoms with Crippen LogP contribution in [0.2, 0.25) is 0 Å². The lowest BCUT2D eigenvalue weighted by Gasteiger charge is -2.64. The first-order chi connectivity index (χ1) is 14.8. The maximum Gasteiger partial charge on any atom is 0.349 e. The van der Waals surface area contributed by atoms with Gasteiger partial charge in [-0.1, -0.05) is 33.8 Å². The zero-order chi connectivity index (χ0) is 23.9. The second-order valence-electron chi connectivity index (χ2n) is 10.4. The van der Waals surface area contributed by atoms with Crippen molar-refractivity contribution in [1.29, 1.82) is 0 Å². The van der Waals surface area contributed by atoms with Gasteiger partial charge in [-0.3, -0.25) is 9.59 Å². The molecular weight excluding hydrogens is 439 g/mol. The number of aliphatic hydroxyl groups is 1. The maximum absolute atomic E-state index is 15.5. The van der Waals surface area contributed by atoms with Gasteiger partial charge in [0, 0.05) is 23.2 Å². The Balaban J connectivity index is 1.87. The first kappa shape index (κ1) is 23.4. The normalized spacial score (nSPS) is 49.5. The predicted molar refractivity (Wildman–Crippen MR) is 115 cm³/mol. The molecular formula is C24H30ClFO6. The zero-order valence-corrected chi connectivity index (χ0v) is 19.5. The highest BCUT2D eigenvalue weighted by Gasteiger charge is 2.77. The number of alkyl halides is 2. The molecule has 0 bridgehead atoms. The van der Waals surface area contributed by atoms with E-state index in [1.54, 1.807) is 33.8 Å². The number of halogens is 2. The largest absolute Gasteiger partial charge is 0.478 e. The number of hydrogen-bond acceptors (Lipinski definition) is 5. The highest BCUT2D eigenvalue weighted by molar-refractivity contribution is 6.26. The Hall–Kier alpha value is -1.73. The highest BCUT2D eigenvalue weighted by Crippen LogP contribution is 2.72. The molecule has 8 heteroatoms. The van der Waals surface area contributed by atoms with E-state index in [2.05, 4.69) is 0 Å². The van der Waals surface area contributed by atoms with E-state index in [-0.39, 0.29) is 30.6 Å². The smallest absolute Gasteiger partial charge is 0.349 e. The molecule has 1 unspecified atom stereocenters. The Morgan fingerprint density at radius 1 is 1.28 bits per heavy atom. The second-order valence-corrected chi connectivity index (χ2v) is 11.0. The van der Waals surface area contributed by atoms with Crippen LogP contribution in [-0.4, -0.2) is 50.7 Å². The number of aliphatic carboxylic acids is 1. The number of rotatable bonds is 3. The number of carboxylic acid groups (broad SMARTS) is 1. The molecule has 2 N–H and O–H groups in total. The van der Waals surface area contributed by atoms with Gasteiger partial charge in [0.15, 0.2) is 5.78 Å². The van der Waals surface area contributed by atoms with Crippen molar-refractivity contribution < 1.29 is 33.7 Å². The molecule has 0 spiro atoms. The molecule has 6 nitrogen and oxygen atoms in total. The molecule has 3 saturated carbocycles. The lowest BCUT2D eigenvalue weighted by molar-refractivity contribution is -0.213. The summed E-state index contributed by atoms with van der Waals surface area (Å²) < 4.78 is 21.2. The van der Waals surface area contributed by atoms with Gasteiger partial charge in [-0.2, -0.15) is 0 Å². The average molecular weight is 469 g/mol. The van der Waals surface area contributed by atoms with Crippen molar-refractivity contribution in [2.75, 3.05) is 0 Å². The van der Waals surface area contributed by atoms with Gasteiger partial charge in [0.25, 0.3) is 0 Å². The fourth-order valence-electron chi connectivity index (χ4n) is 7.49. The van der Waals surface area contributed by atoms with Crippen molar-refractivity contribution in [1.82, 2.24) is 0 Å². The first-order valence-electron chi connectivity index (χ1n) is 11.2. The number of aliphatic hydroxyl groups excluding tert-OH is 1. The van der Waals surface area contributed by atoms with Crippen LogP contribution in [0.3, 0.4) is 0 Å². The third kappa shape index (κ3) is 2.58. The SMILES string of the molecule is CCC(=O)O[C@]1(C(=O)O)[C@H](C)C[C@H]2[C@@H]3C[C@H](F)C4=CC(=O)C=C[C@]4(C)[C@@]3(Cl)C(O)C[C@@]21C. The van der Waals surface area contributed by atoms with E-state index in [0.29, 0.717) is 6.42 Å². The predicted octanol–water partition coefficient (Wildman–Crippen LogP) is 3.60. The molecule has 4 rings (SSSR count). The first-order valence-corrected chi connectivity index (χ1v) is 11.6. The summed E-state index contributed by atoms with van der Waals surface area (Å²) in [5.74, 6) is -3.74. The Kier molecular flexibility index (Phi) is 5.22. The number of carbonyl (C=O) groups is 3. The monoisotopic (exact) mass is 468 g/mol. The van der Waals surface area contributed by atoms with Gasteiger partial charge in [-0.15, -0.1) is 11.6 Å². The van der Waals surface area contributed by atoms with Gasteiger partial charge >= 0.3 is 11.9 Å². The fraction of sp³-hybridized carbons (Fsp3) is 0.708. The van der Waals surface area contributed by atoms with Crippen molar-refractivity contribution in [3.05, 3.63) is 23.8 Å². The molecule has 4 aliphatic carbocycles. The summed E-state index contributed by atoms with van der Waals surface area (Å²) in [6.07, 6.45) is 1.88. The summed E-state index contributed by atoms with van der Waals surface area (Å²) in [6.45, 7) is 6.78. The number of esters is 1. The van der Waals surface area contributed by atoms with Crippen LogP contribution in [0, 0.1) is 28.6 Å². The fourth-order valence-corrected chi connectivity index (χ4v) is 7.98. The summed E-state index contributed by atoms with van der Waals surface area (Å²) in [6, 6.07) is 0. The molecule has 0 aromatic rings. The molecule has 0 aromatic carbocycles. The summed E-state index contributed by atoms with van der Waals surface area (Å²) in [5.41, 5.74) is -3.84. The van der Waals surface area contributed by atoms with Crippen LogP contribution in [0.1, 0.15) is 53.4 Å². The number of ether oxygens (including phenoxy) is 1. The van der Waals surface area contributed by atoms with Crippen LogP contribution in [0.25, 0.3) is 0 Å². The number of ketones is 1. The molecule has 4 aliphatic rings. The van der Waals surface area contributed by atoms with Gasteiger partial charge in [-0.25, -0.2) is 9.18 Å². The van der Waals surface area contributed by atoms with Crippen LogP contribution in [0.4, 0.5) is 4.39 Å². The van der Waals surface area contributed by atoms with Crippen molar-refractivity contribution in [2.24, 2.45) is 28.6 Å². The Morgan fingerprint density at radius 3 is 2.53 bits per heavy atom. The third-order valence-electron chi connectivity index (χ3n) is 9.05. The summed E-state index contributed by atoms with van der Waals surface area (Å²) in [7, 11) is 0. The summed E-state index contributed by atoms with van der Waals surface area (Å²) in [5, 5.41) is 21.8. The van der Waals surface area contributed by atoms with Crippen molar-refractivity contribution in [2.45, 2.75) is 76.1 Å². The Labute approximate surface area is 191 Å². The van der Waals surface area contributed by atoms with E-state index in [1.807, 2.05) is 0 Å². The highest BCUT2D eigenvalue weighted by atomic mass is 35.5. The standard InChI is InChI=1S/C24H30ClFO6/c1-5-19(29)32-24(20(30)31)12(2)8-14-15-10-17(26)16-9-13(27)6-7-21(16,3)23(15,25)18(28)11-22(14,24)4/h6-7,9,12,14-15,17-18,28H,5,8,10-11H2,1-4H3,(H,30,31)/t12-,14+,15+,17+,18?,21+,22+,23+,24+/m1/s1. The van der Waals surface area contributed by atoms with Crippen LogP contribution in [0.15, 0.2) is 23.8 Å². The lowest BCUT2D eigenvalue weighted by atomic mass is 9.45. The van der Waals surface area contributed by atoms with Crippen LogP contribution in [-0.2, 0) is 19.1 Å². The minimum Gasteiger partial charge on any atom is -0.478 e. The molecule has 0 aliphatic heterocycles. The minimum absolute atomic E-state index is 0.0194. The lowest BCUT2D eigenvalue weighted by Crippen LogP contribution is -2.70. The van der Waals surface area contributed by atoms with E-state index < -0.39 is 63.3 Å². The topological polar surface area (TPSA) is 101 Å². The van der Waals surface area contributed by atoms with Gasteiger partial charge in [0.2, 0.25) is 5.60 Å². The third-order valence-corrected chi connectivity index (χ3v) is 9.97. The Morgan fingerprint density at radius 2 is 1.94 bits per heavy atom. The minimum atomic E-state index is -1.84. The molecule has 32 heavy (non-hydrogen) atoms. The molecule has 0 aromatic heterocycles. The second kappa shape index (κ2) is 7.13. The molecule has 0 saturated heterocycles. The van der Waals surface area contributed by atoms with Gasteiger partial charge in [-0.05, 0) is 48.8 Å². The van der Waals surface area contributed by atoms with E-state index >= 15 is 4.39 Å². The van der Waals surface area contributed by atoms with Crippen LogP contribution < -0.4 is 0 Å². The number of allylic oxidation sites excluding steroid dienone is 4. The van der Waals surface area contributed by atoms with Gasteiger partial charge < -0.3 is 14.9 Å². The van der Waals surface area contributed by atoms with Crippen molar-refractivity contribution in [3.63, 3.8) is 0 Å². The number of hydrogen-bond donors (Lipinski definition) is 2. The summed E-state index contributed by atoms with van der Waals surface area (Å²) >= 11 is 7.26. The molecule has 176 valence electrons. The zero-order valence-electron chi connectivity index (χ0n) is 18.7. The van der Waals surface area contributed by atoms with E-state index in [1.165, 1.54) is 12.2 Å². The Bertz CT molecular complexity index is 947. The van der Waals surface area contributed by atoms with Crippen molar-refractivity contribution in [3.8, 4) is 0 Å². The van der Waals surface area contributed by atoms with E-state index in [0.717, 1.165) is 0 Å². The van der Waals surface area contributed by atoms with Gasteiger partial charge in [0.05, 0.1) is 11.0 Å². The summed E-state index contributed by atoms with van der Waals surface area (Å²) in [4.78, 5) is 35.6. The quantitative estimate of drug-likeness (QED) is 0.485. The number of fused-ring (bicyclic) bond motifs is 5. The number of carboxylic acids is 1. The average Bonchev–Trinajstić information content (AvgIpc) is 2.93. The molecule has 0 amide bonds.